The van der Waals surface area contributed by atoms with Gasteiger partial charge < -0.3 is 9.97 Å². The number of rotatable bonds is 4. The molecule has 2 N–H and O–H groups in total. The summed E-state index contributed by atoms with van der Waals surface area (Å²) in [5.74, 6) is 2.20. The summed E-state index contributed by atoms with van der Waals surface area (Å²) in [4.78, 5) is 40.9. The van der Waals surface area contributed by atoms with Crippen molar-refractivity contribution in [3.63, 3.8) is 0 Å². The summed E-state index contributed by atoms with van der Waals surface area (Å²) in [5.41, 5.74) is 19.5. The number of benzene rings is 8. The molecule has 80 heavy (non-hydrogen) atoms. The smallest absolute Gasteiger partial charge is 0.165 e. The molecule has 394 valence electrons. The van der Waals surface area contributed by atoms with Crippen LogP contribution in [0.2, 0.25) is 0 Å². The van der Waals surface area contributed by atoms with Gasteiger partial charge in [-0.2, -0.15) is 0 Å². The van der Waals surface area contributed by atoms with Crippen LogP contribution in [-0.4, -0.2) is 39.9 Å². The first-order chi connectivity index (χ1) is 38.2. The topological polar surface area (TPSA) is 109 Å². The molecule has 8 heteroatoms. The highest BCUT2D eigenvalue weighted by atomic mass is 15.1. The molecule has 0 saturated carbocycles. The van der Waals surface area contributed by atoms with Gasteiger partial charge in [-0.15, -0.1) is 0 Å². The predicted octanol–water partition coefficient (Wildman–Crippen LogP) is 18.7. The van der Waals surface area contributed by atoms with Crippen LogP contribution in [0.4, 0.5) is 0 Å². The normalized spacial score (nSPS) is 12.8. The molecule has 2 aliphatic rings. The fourth-order valence-electron chi connectivity index (χ4n) is 11.5. The van der Waals surface area contributed by atoms with Crippen LogP contribution in [0.3, 0.4) is 0 Å². The molecular weight excluding hydrogens is 977 g/mol. The standard InChI is InChI=1S/C72H66N8/c1-69(2,3)45-33-25-41(26-34-45)49-17-13-21-53-57(49)65-73-61(53)78-66-59-51(43-29-37-47(38-30-43)71(7,8)9)19-15-23-55(59)63(75-66)80-68-60-52(44-31-39-48(40-32-44)72(10,11)12)20-16-24-56(60)64(76-68)79-67-58-50(18-14-22-54(58)62(74-67)77-65)42-27-35-46(36-28-42)70(4,5)6/h13-40H,1-12H3,(H2,73,74,75,76,77,78,79,80). The molecular formula is C72H66N8. The van der Waals surface area contributed by atoms with Gasteiger partial charge >= 0.3 is 0 Å². The second-order valence-corrected chi connectivity index (χ2v) is 25.8. The van der Waals surface area contributed by atoms with Gasteiger partial charge in [0.25, 0.3) is 0 Å². The average Bonchev–Trinajstić information content (AvgIpc) is 4.19. The van der Waals surface area contributed by atoms with E-state index in [9.17, 15) is 0 Å². The van der Waals surface area contributed by atoms with Gasteiger partial charge in [0, 0.05) is 43.8 Å². The second kappa shape index (κ2) is 18.3. The molecule has 11 aromatic rings. The van der Waals surface area contributed by atoms with Gasteiger partial charge in [0.2, 0.25) is 0 Å². The molecule has 0 saturated heterocycles. The first-order valence-corrected chi connectivity index (χ1v) is 27.9. The SMILES string of the molecule is CC(C)(C)c1ccc(-c2cccc3c2-c2nc-3nc3[nH]c(nc4nc(nc5[nH]c(n2)c2cccc(-c6ccc(C(C)(C)C)cc6)c52)-c2cccc(-c5ccc(C(C)(C)C)cc5)c2-4)c2cccc(-c4ccc(C(C)(C)C)cc4)c32)cc1. The number of aromatic nitrogens is 8. The lowest BCUT2D eigenvalue weighted by Gasteiger charge is -2.19. The van der Waals surface area contributed by atoms with Gasteiger partial charge in [0.15, 0.2) is 23.3 Å². The van der Waals surface area contributed by atoms with Gasteiger partial charge in [-0.25, -0.2) is 29.9 Å². The second-order valence-electron chi connectivity index (χ2n) is 25.8. The molecule has 0 amide bonds. The van der Waals surface area contributed by atoms with Crippen LogP contribution in [0.5, 0.6) is 0 Å². The van der Waals surface area contributed by atoms with Gasteiger partial charge in [-0.3, -0.25) is 0 Å². The van der Waals surface area contributed by atoms with Crippen molar-refractivity contribution in [2.24, 2.45) is 0 Å². The van der Waals surface area contributed by atoms with E-state index < -0.39 is 0 Å². The maximum absolute atomic E-state index is 5.61. The van der Waals surface area contributed by atoms with Crippen LogP contribution in [0.25, 0.3) is 134 Å². The van der Waals surface area contributed by atoms with Gasteiger partial charge in [0.05, 0.1) is 0 Å². The van der Waals surface area contributed by atoms with Crippen molar-refractivity contribution < 1.29 is 0 Å². The van der Waals surface area contributed by atoms with Crippen molar-refractivity contribution in [3.8, 4) is 90.1 Å². The van der Waals surface area contributed by atoms with Crippen molar-refractivity contribution in [2.75, 3.05) is 0 Å². The van der Waals surface area contributed by atoms with Crippen molar-refractivity contribution in [3.05, 3.63) is 192 Å². The van der Waals surface area contributed by atoms with Crippen molar-refractivity contribution in [1.82, 2.24) is 39.9 Å². The van der Waals surface area contributed by atoms with Crippen molar-refractivity contribution >= 4 is 44.1 Å². The molecule has 3 aromatic heterocycles. The minimum atomic E-state index is -0.00489. The molecule has 0 unspecified atom stereocenters. The van der Waals surface area contributed by atoms with Crippen LogP contribution >= 0.6 is 0 Å². The monoisotopic (exact) mass is 1040 g/mol. The molecule has 0 spiro atoms. The number of fused-ring (bicyclic) bond motifs is 20. The molecule has 2 aliphatic heterocycles. The lowest BCUT2D eigenvalue weighted by Crippen LogP contribution is -2.10. The number of hydrogen-bond acceptors (Lipinski definition) is 6. The summed E-state index contributed by atoms with van der Waals surface area (Å²) in [7, 11) is 0. The van der Waals surface area contributed by atoms with Crippen LogP contribution in [-0.2, 0) is 21.7 Å². The third-order valence-corrected chi connectivity index (χ3v) is 16.2. The first-order valence-electron chi connectivity index (χ1n) is 27.9. The largest absolute Gasteiger partial charge is 0.324 e. The van der Waals surface area contributed by atoms with Gasteiger partial charge in [-0.1, -0.05) is 253 Å². The van der Waals surface area contributed by atoms with Crippen LogP contribution in [0, 0.1) is 0 Å². The van der Waals surface area contributed by atoms with E-state index in [-0.39, 0.29) is 21.7 Å². The van der Waals surface area contributed by atoms with Crippen molar-refractivity contribution in [2.45, 2.75) is 105 Å². The maximum Gasteiger partial charge on any atom is 0.165 e. The van der Waals surface area contributed by atoms with Crippen molar-refractivity contribution in [1.29, 1.82) is 0 Å². The lowest BCUT2D eigenvalue weighted by molar-refractivity contribution is 0.590. The Kier molecular flexibility index (Phi) is 11.6. The summed E-state index contributed by atoms with van der Waals surface area (Å²) in [6.45, 7) is 27.0. The van der Waals surface area contributed by atoms with Crippen LogP contribution in [0.1, 0.15) is 105 Å². The quantitative estimate of drug-likeness (QED) is 0.182. The highest BCUT2D eigenvalue weighted by Gasteiger charge is 2.28. The minimum absolute atomic E-state index is 0.00410. The van der Waals surface area contributed by atoms with E-state index >= 15 is 0 Å². The Morgan fingerprint density at radius 1 is 0.250 bits per heavy atom. The Morgan fingerprint density at radius 3 is 0.825 bits per heavy atom. The number of H-pyrrole nitrogens is 2. The number of aromatic amines is 2. The Morgan fingerprint density at radius 2 is 0.512 bits per heavy atom. The van der Waals surface area contributed by atoms with E-state index in [1.165, 1.54) is 22.3 Å². The minimum Gasteiger partial charge on any atom is -0.324 e. The van der Waals surface area contributed by atoms with E-state index in [4.69, 9.17) is 29.9 Å². The summed E-state index contributed by atoms with van der Waals surface area (Å²) >= 11 is 0. The fourth-order valence-corrected chi connectivity index (χ4v) is 11.5. The predicted molar refractivity (Wildman–Crippen MR) is 333 cm³/mol. The van der Waals surface area contributed by atoms with E-state index in [1.807, 2.05) is 0 Å². The molecule has 0 radical (unpaired) electrons. The zero-order valence-electron chi connectivity index (χ0n) is 47.8. The molecule has 8 aromatic carbocycles. The van der Waals surface area contributed by atoms with Crippen LogP contribution in [0.15, 0.2) is 170 Å². The first kappa shape index (κ1) is 50.6. The summed E-state index contributed by atoms with van der Waals surface area (Å²) in [6.07, 6.45) is 0. The zero-order valence-corrected chi connectivity index (χ0v) is 47.8. The summed E-state index contributed by atoms with van der Waals surface area (Å²) in [6, 6.07) is 61.3. The maximum atomic E-state index is 5.61. The summed E-state index contributed by atoms with van der Waals surface area (Å²) < 4.78 is 0. The van der Waals surface area contributed by atoms with E-state index in [1.54, 1.807) is 0 Å². The van der Waals surface area contributed by atoms with Gasteiger partial charge in [-0.05, 0) is 88.4 Å². The number of hydrogen-bond donors (Lipinski definition) is 2. The molecule has 8 bridgehead atoms. The molecule has 8 nitrogen and oxygen atoms in total. The van der Waals surface area contributed by atoms with Gasteiger partial charge in [0.1, 0.15) is 22.6 Å². The fraction of sp³-hybridized carbons (Fsp3) is 0.222. The lowest BCUT2D eigenvalue weighted by atomic mass is 9.85. The Balaban J connectivity index is 1.16. The van der Waals surface area contributed by atoms with E-state index in [0.29, 0.717) is 45.9 Å². The summed E-state index contributed by atoms with van der Waals surface area (Å²) in [5, 5.41) is 3.69. The third-order valence-electron chi connectivity index (χ3n) is 16.2. The Labute approximate surface area is 468 Å². The molecule has 0 atom stereocenters. The Hall–Kier alpha value is -8.88. The number of nitrogens with zero attached hydrogens (tertiary/aromatic N) is 6. The zero-order chi connectivity index (χ0) is 55.6. The molecule has 0 fully saturated rings. The highest BCUT2D eigenvalue weighted by Crippen LogP contribution is 2.46. The average molecular weight is 1040 g/mol. The number of nitrogens with one attached hydrogen (secondary N) is 2. The molecule has 0 aliphatic carbocycles. The van der Waals surface area contributed by atoms with E-state index in [0.717, 1.165) is 88.3 Å². The molecule has 5 heterocycles. The third kappa shape index (κ3) is 8.78. The highest BCUT2D eigenvalue weighted by molar-refractivity contribution is 6.14. The Bertz CT molecular complexity index is 4170. The molecule has 13 rings (SSSR count). The van der Waals surface area contributed by atoms with E-state index in [2.05, 4.69) is 263 Å². The van der Waals surface area contributed by atoms with Crippen LogP contribution < -0.4 is 0 Å².